The summed E-state index contributed by atoms with van der Waals surface area (Å²) in [4.78, 5) is 10.2. The Labute approximate surface area is 135 Å². The second kappa shape index (κ2) is 6.63. The fraction of sp³-hybridized carbons (Fsp3) is 0.300. The van der Waals surface area contributed by atoms with Crippen LogP contribution in [0, 0.1) is 0 Å². The van der Waals surface area contributed by atoms with Gasteiger partial charge in [0.15, 0.2) is 0 Å². The molecule has 0 aromatic heterocycles. The first kappa shape index (κ1) is 18.4. The predicted molar refractivity (Wildman–Crippen MR) is 74.3 cm³/mol. The van der Waals surface area contributed by atoms with Crippen LogP contribution >= 0.6 is 31.9 Å². The molecule has 0 aliphatic rings. The average molecular weight is 455 g/mol. The number of rotatable bonds is 5. The molecule has 0 aliphatic carbocycles. The first-order chi connectivity index (χ1) is 9.43. The number of carboxylic acid groups (broad SMARTS) is 1. The number of carbonyl (C=O) groups is 1. The molecule has 0 unspecified atom stereocenters. The molecule has 0 saturated heterocycles. The Bertz CT molecular complexity index is 648. The summed E-state index contributed by atoms with van der Waals surface area (Å²) in [7, 11) is -4.63. The number of sulfonamides is 1. The molecule has 1 N–H and O–H groups in total. The summed E-state index contributed by atoms with van der Waals surface area (Å²) in [5, 5.41) is 8.62. The van der Waals surface area contributed by atoms with Gasteiger partial charge < -0.3 is 5.11 Å². The van der Waals surface area contributed by atoms with Crippen LogP contribution in [0.15, 0.2) is 32.0 Å². The van der Waals surface area contributed by atoms with Crippen molar-refractivity contribution in [1.29, 1.82) is 0 Å². The van der Waals surface area contributed by atoms with Gasteiger partial charge in [0.1, 0.15) is 13.1 Å². The van der Waals surface area contributed by atoms with Crippen molar-refractivity contribution in [2.45, 2.75) is 11.1 Å². The Kier molecular flexibility index (Phi) is 5.81. The number of nitrogens with zero attached hydrogens (tertiary/aromatic N) is 1. The van der Waals surface area contributed by atoms with Crippen LogP contribution < -0.4 is 0 Å². The highest BCUT2D eigenvalue weighted by Gasteiger charge is 2.38. The van der Waals surface area contributed by atoms with Gasteiger partial charge in [0.05, 0.1) is 4.90 Å². The van der Waals surface area contributed by atoms with Crippen LogP contribution in [-0.2, 0) is 14.8 Å². The molecular weight excluding hydrogens is 447 g/mol. The summed E-state index contributed by atoms with van der Waals surface area (Å²) in [5.74, 6) is -1.69. The molecule has 0 saturated carbocycles. The minimum Gasteiger partial charge on any atom is -0.480 e. The molecule has 0 amide bonds. The lowest BCUT2D eigenvalue weighted by Gasteiger charge is -2.22. The first-order valence-corrected chi connectivity index (χ1v) is 8.20. The number of hydrogen-bond acceptors (Lipinski definition) is 3. The molecule has 1 aromatic rings. The van der Waals surface area contributed by atoms with E-state index in [0.717, 1.165) is 6.07 Å². The smallest absolute Gasteiger partial charge is 0.402 e. The molecule has 5 nitrogen and oxygen atoms in total. The molecule has 0 atom stereocenters. The van der Waals surface area contributed by atoms with Gasteiger partial charge in [-0.2, -0.15) is 17.5 Å². The molecule has 1 aromatic carbocycles. The highest BCUT2D eigenvalue weighted by atomic mass is 79.9. The number of benzene rings is 1. The van der Waals surface area contributed by atoms with Crippen LogP contribution in [0.1, 0.15) is 0 Å². The summed E-state index contributed by atoms with van der Waals surface area (Å²) in [6, 6.07) is 3.89. The zero-order valence-electron chi connectivity index (χ0n) is 10.1. The zero-order valence-corrected chi connectivity index (χ0v) is 14.1. The van der Waals surface area contributed by atoms with E-state index in [1.807, 2.05) is 0 Å². The zero-order chi connectivity index (χ0) is 16.4. The Morgan fingerprint density at radius 3 is 2.33 bits per heavy atom. The van der Waals surface area contributed by atoms with E-state index in [9.17, 15) is 26.4 Å². The Morgan fingerprint density at radius 1 is 1.29 bits per heavy atom. The molecule has 118 valence electrons. The quantitative estimate of drug-likeness (QED) is 0.742. The highest BCUT2D eigenvalue weighted by Crippen LogP contribution is 2.30. The van der Waals surface area contributed by atoms with E-state index in [-0.39, 0.29) is 8.78 Å². The van der Waals surface area contributed by atoms with Crippen LogP contribution in [-0.4, -0.2) is 43.1 Å². The van der Waals surface area contributed by atoms with Gasteiger partial charge in [-0.25, -0.2) is 8.42 Å². The molecule has 11 heteroatoms. The van der Waals surface area contributed by atoms with E-state index in [2.05, 4.69) is 31.9 Å². The molecule has 21 heavy (non-hydrogen) atoms. The monoisotopic (exact) mass is 453 g/mol. The first-order valence-electron chi connectivity index (χ1n) is 5.17. The third-order valence-electron chi connectivity index (χ3n) is 2.18. The van der Waals surface area contributed by atoms with Gasteiger partial charge in [-0.15, -0.1) is 0 Å². The SMILES string of the molecule is O=C(O)CN(CC(F)(F)F)S(=O)(=O)c1cc(Br)ccc1Br. The van der Waals surface area contributed by atoms with E-state index in [1.165, 1.54) is 12.1 Å². The summed E-state index contributed by atoms with van der Waals surface area (Å²) >= 11 is 5.93. The van der Waals surface area contributed by atoms with Gasteiger partial charge in [-0.1, -0.05) is 15.9 Å². The minimum absolute atomic E-state index is 0.0308. The lowest BCUT2D eigenvalue weighted by Crippen LogP contribution is -2.42. The van der Waals surface area contributed by atoms with E-state index >= 15 is 0 Å². The Hall–Kier alpha value is -0.650. The van der Waals surface area contributed by atoms with Crippen molar-refractivity contribution in [3.63, 3.8) is 0 Å². The Morgan fingerprint density at radius 2 is 1.86 bits per heavy atom. The molecule has 0 spiro atoms. The molecule has 0 heterocycles. The van der Waals surface area contributed by atoms with Crippen LogP contribution in [0.2, 0.25) is 0 Å². The maximum atomic E-state index is 12.5. The second-order valence-corrected chi connectivity index (χ2v) is 7.53. The van der Waals surface area contributed by atoms with Gasteiger partial charge in [0.2, 0.25) is 10.0 Å². The van der Waals surface area contributed by atoms with Crippen LogP contribution in [0.4, 0.5) is 13.2 Å². The summed E-state index contributed by atoms with van der Waals surface area (Å²) in [6.45, 7) is -3.18. The van der Waals surface area contributed by atoms with Crippen LogP contribution in [0.25, 0.3) is 0 Å². The predicted octanol–water partition coefficient (Wildman–Crippen LogP) is 2.85. The van der Waals surface area contributed by atoms with Crippen molar-refractivity contribution in [1.82, 2.24) is 4.31 Å². The van der Waals surface area contributed by atoms with Crippen molar-refractivity contribution in [2.24, 2.45) is 0 Å². The fourth-order valence-electron chi connectivity index (χ4n) is 1.39. The fourth-order valence-corrected chi connectivity index (χ4v) is 4.23. The van der Waals surface area contributed by atoms with Gasteiger partial charge >= 0.3 is 12.1 Å². The highest BCUT2D eigenvalue weighted by molar-refractivity contribution is 9.11. The summed E-state index contributed by atoms with van der Waals surface area (Å²) < 4.78 is 62.1. The Balaban J connectivity index is 3.32. The molecule has 1 rings (SSSR count). The van der Waals surface area contributed by atoms with Crippen molar-refractivity contribution < 1.29 is 31.5 Å². The molecule has 0 aliphatic heterocycles. The lowest BCUT2D eigenvalue weighted by molar-refractivity contribution is -0.146. The normalized spacial score (nSPS) is 12.7. The maximum absolute atomic E-state index is 12.5. The minimum atomic E-state index is -4.86. The molecular formula is C10H8Br2F3NO4S. The molecule has 0 radical (unpaired) electrons. The topological polar surface area (TPSA) is 74.7 Å². The number of halogens is 5. The van der Waals surface area contributed by atoms with E-state index < -0.39 is 40.2 Å². The van der Waals surface area contributed by atoms with Gasteiger partial charge in [0.25, 0.3) is 0 Å². The van der Waals surface area contributed by atoms with Crippen molar-refractivity contribution in [3.05, 3.63) is 27.1 Å². The number of carboxylic acids is 1. The van der Waals surface area contributed by atoms with Gasteiger partial charge in [-0.3, -0.25) is 4.79 Å². The summed E-state index contributed by atoms with van der Waals surface area (Å²) in [5.41, 5.74) is 0. The van der Waals surface area contributed by atoms with Crippen LogP contribution in [0.5, 0.6) is 0 Å². The maximum Gasteiger partial charge on any atom is 0.402 e. The third kappa shape index (κ3) is 5.24. The van der Waals surface area contributed by atoms with E-state index in [0.29, 0.717) is 4.47 Å². The van der Waals surface area contributed by atoms with Gasteiger partial charge in [-0.05, 0) is 34.1 Å². The third-order valence-corrected chi connectivity index (χ3v) is 5.46. The summed E-state index contributed by atoms with van der Waals surface area (Å²) in [6.07, 6.45) is -4.86. The van der Waals surface area contributed by atoms with Gasteiger partial charge in [0, 0.05) is 8.95 Å². The number of hydrogen-bond donors (Lipinski definition) is 1. The van der Waals surface area contributed by atoms with Crippen LogP contribution in [0.3, 0.4) is 0 Å². The average Bonchev–Trinajstić information content (AvgIpc) is 2.29. The van der Waals surface area contributed by atoms with E-state index in [1.54, 1.807) is 0 Å². The second-order valence-electron chi connectivity index (χ2n) is 3.86. The van der Waals surface area contributed by atoms with Crippen molar-refractivity contribution in [2.75, 3.05) is 13.1 Å². The number of alkyl halides is 3. The molecule has 0 fully saturated rings. The molecule has 0 bridgehead atoms. The van der Waals surface area contributed by atoms with E-state index in [4.69, 9.17) is 5.11 Å². The number of aliphatic carboxylic acids is 1. The standard InChI is InChI=1S/C10H8Br2F3NO4S/c11-6-1-2-7(12)8(3-6)21(19,20)16(4-9(17)18)5-10(13,14)15/h1-3H,4-5H2,(H,17,18). The largest absolute Gasteiger partial charge is 0.480 e. The lowest BCUT2D eigenvalue weighted by atomic mass is 10.4. The van der Waals surface area contributed by atoms with Crippen molar-refractivity contribution >= 4 is 47.9 Å². The van der Waals surface area contributed by atoms with Crippen molar-refractivity contribution in [3.8, 4) is 0 Å².